The summed E-state index contributed by atoms with van der Waals surface area (Å²) in [7, 11) is 0. The molecule has 3 aromatic rings. The number of nitrogens with one attached hydrogen (secondary N) is 1. The van der Waals surface area contributed by atoms with Crippen molar-refractivity contribution >= 4 is 16.7 Å². The lowest BCUT2D eigenvalue weighted by molar-refractivity contribution is 0.906. The van der Waals surface area contributed by atoms with E-state index < -0.39 is 0 Å². The van der Waals surface area contributed by atoms with Crippen LogP contribution in [0.5, 0.6) is 0 Å². The lowest BCUT2D eigenvalue weighted by atomic mass is 10.1. The Morgan fingerprint density at radius 1 is 1.04 bits per heavy atom. The van der Waals surface area contributed by atoms with Gasteiger partial charge in [-0.2, -0.15) is 0 Å². The van der Waals surface area contributed by atoms with Crippen molar-refractivity contribution in [1.82, 2.24) is 9.97 Å². The summed E-state index contributed by atoms with van der Waals surface area (Å²) in [6, 6.07) is 17.9. The molecule has 1 N–H and O–H groups in total. The average Bonchev–Trinajstić information content (AvgIpc) is 2.70. The number of rotatable bonds is 4. The Kier molecular flexibility index (Phi) is 7.21. The number of para-hydroxylation sites is 1. The maximum absolute atomic E-state index is 4.34. The van der Waals surface area contributed by atoms with Gasteiger partial charge in [0.25, 0.3) is 0 Å². The van der Waals surface area contributed by atoms with E-state index in [0.29, 0.717) is 6.42 Å². The summed E-state index contributed by atoms with van der Waals surface area (Å²) >= 11 is 0. The molecule has 0 spiro atoms. The summed E-state index contributed by atoms with van der Waals surface area (Å²) < 4.78 is 0. The van der Waals surface area contributed by atoms with Crippen molar-refractivity contribution < 1.29 is 0 Å². The van der Waals surface area contributed by atoms with Gasteiger partial charge in [-0.1, -0.05) is 62.1 Å². The minimum atomic E-state index is 0.0320. The second-order valence-electron chi connectivity index (χ2n) is 5.10. The first-order valence-corrected chi connectivity index (χ1v) is 8.49. The molecule has 1 aromatic heterocycles. The molecule has 1 atom stereocenters. The summed E-state index contributed by atoms with van der Waals surface area (Å²) in [5.41, 5.74) is 1.94. The fraction of sp³-hybridized carbons (Fsp3) is 0.182. The molecule has 3 rings (SSSR count). The van der Waals surface area contributed by atoms with Crippen LogP contribution in [0.15, 0.2) is 73.6 Å². The Labute approximate surface area is 149 Å². The predicted molar refractivity (Wildman–Crippen MR) is 106 cm³/mol. The lowest BCUT2D eigenvalue weighted by Gasteiger charge is -2.14. The SMILES string of the molecule is C=CC(CC#Cc1ccccc1)Nc1ncnc2ccccc12.CC. The normalized spacial score (nSPS) is 10.6. The van der Waals surface area contributed by atoms with E-state index in [-0.39, 0.29) is 6.04 Å². The maximum Gasteiger partial charge on any atom is 0.137 e. The molecule has 1 unspecified atom stereocenters. The highest BCUT2D eigenvalue weighted by Gasteiger charge is 2.07. The van der Waals surface area contributed by atoms with E-state index >= 15 is 0 Å². The van der Waals surface area contributed by atoms with Crippen LogP contribution in [-0.4, -0.2) is 16.0 Å². The second kappa shape index (κ2) is 9.89. The Hall–Kier alpha value is -3.12. The summed E-state index contributed by atoms with van der Waals surface area (Å²) in [6.07, 6.45) is 4.09. The minimum Gasteiger partial charge on any atom is -0.362 e. The molecule has 0 aliphatic heterocycles. The third kappa shape index (κ3) is 5.19. The molecule has 0 amide bonds. The van der Waals surface area contributed by atoms with Gasteiger partial charge in [-0.3, -0.25) is 0 Å². The monoisotopic (exact) mass is 329 g/mol. The Balaban J connectivity index is 0.00000109. The fourth-order valence-corrected chi connectivity index (χ4v) is 2.27. The zero-order valence-electron chi connectivity index (χ0n) is 14.7. The van der Waals surface area contributed by atoms with Gasteiger partial charge in [0.05, 0.1) is 11.6 Å². The van der Waals surface area contributed by atoms with E-state index in [0.717, 1.165) is 22.3 Å². The zero-order valence-corrected chi connectivity index (χ0v) is 14.7. The molecule has 0 aliphatic rings. The predicted octanol–water partition coefficient (Wildman–Crippen LogP) is 5.06. The first-order chi connectivity index (χ1) is 12.4. The van der Waals surface area contributed by atoms with Crippen molar-refractivity contribution in [3.05, 3.63) is 79.1 Å². The van der Waals surface area contributed by atoms with Crippen molar-refractivity contribution in [3.63, 3.8) is 0 Å². The molecule has 1 heterocycles. The molecule has 3 nitrogen and oxygen atoms in total. The van der Waals surface area contributed by atoms with Crippen LogP contribution in [-0.2, 0) is 0 Å². The van der Waals surface area contributed by atoms with Gasteiger partial charge in [0.1, 0.15) is 12.1 Å². The van der Waals surface area contributed by atoms with E-state index in [1.165, 1.54) is 0 Å². The van der Waals surface area contributed by atoms with Crippen LogP contribution >= 0.6 is 0 Å². The summed E-state index contributed by atoms with van der Waals surface area (Å²) in [5, 5.41) is 4.38. The fourth-order valence-electron chi connectivity index (χ4n) is 2.27. The number of aromatic nitrogens is 2. The molecule has 0 aliphatic carbocycles. The molecule has 0 radical (unpaired) electrons. The highest BCUT2D eigenvalue weighted by atomic mass is 15.0. The largest absolute Gasteiger partial charge is 0.362 e. The van der Waals surface area contributed by atoms with Crippen LogP contribution < -0.4 is 5.32 Å². The Morgan fingerprint density at radius 3 is 2.52 bits per heavy atom. The molecule has 0 saturated carbocycles. The summed E-state index contributed by atoms with van der Waals surface area (Å²) in [5.74, 6) is 7.16. The van der Waals surface area contributed by atoms with Crippen molar-refractivity contribution in [2.45, 2.75) is 26.3 Å². The quantitative estimate of drug-likeness (QED) is 0.537. The molecule has 0 bridgehead atoms. The van der Waals surface area contributed by atoms with E-state index in [1.807, 2.05) is 74.5 Å². The van der Waals surface area contributed by atoms with Crippen molar-refractivity contribution in [2.75, 3.05) is 5.32 Å². The van der Waals surface area contributed by atoms with E-state index in [4.69, 9.17) is 0 Å². The number of anilines is 1. The number of fused-ring (bicyclic) bond motifs is 1. The Morgan fingerprint density at radius 2 is 1.76 bits per heavy atom. The molecular formula is C22H23N3. The number of hydrogen-bond donors (Lipinski definition) is 1. The average molecular weight is 329 g/mol. The van der Waals surface area contributed by atoms with Crippen LogP contribution in [0.4, 0.5) is 5.82 Å². The van der Waals surface area contributed by atoms with Gasteiger partial charge in [-0.15, -0.1) is 6.58 Å². The summed E-state index contributed by atoms with van der Waals surface area (Å²) in [6.45, 7) is 7.89. The highest BCUT2D eigenvalue weighted by Crippen LogP contribution is 2.19. The van der Waals surface area contributed by atoms with Crippen molar-refractivity contribution in [2.24, 2.45) is 0 Å². The second-order valence-corrected chi connectivity index (χ2v) is 5.10. The van der Waals surface area contributed by atoms with Crippen molar-refractivity contribution in [1.29, 1.82) is 0 Å². The zero-order chi connectivity index (χ0) is 17.9. The topological polar surface area (TPSA) is 37.8 Å². The smallest absolute Gasteiger partial charge is 0.137 e. The maximum atomic E-state index is 4.34. The van der Waals surface area contributed by atoms with Crippen LogP contribution in [0.2, 0.25) is 0 Å². The highest BCUT2D eigenvalue weighted by molar-refractivity contribution is 5.88. The Bertz CT molecular complexity index is 855. The number of hydrogen-bond acceptors (Lipinski definition) is 3. The molecule has 126 valence electrons. The third-order valence-electron chi connectivity index (χ3n) is 3.48. The van der Waals surface area contributed by atoms with Gasteiger partial charge in [0.2, 0.25) is 0 Å². The van der Waals surface area contributed by atoms with Crippen molar-refractivity contribution in [3.8, 4) is 11.8 Å². The van der Waals surface area contributed by atoms with E-state index in [9.17, 15) is 0 Å². The molecule has 25 heavy (non-hydrogen) atoms. The molecule has 0 fully saturated rings. The number of nitrogens with zero attached hydrogens (tertiary/aromatic N) is 2. The molecule has 0 saturated heterocycles. The number of benzene rings is 2. The lowest BCUT2D eigenvalue weighted by Crippen LogP contribution is -2.16. The first-order valence-electron chi connectivity index (χ1n) is 8.49. The minimum absolute atomic E-state index is 0.0320. The van der Waals surface area contributed by atoms with Gasteiger partial charge in [-0.25, -0.2) is 9.97 Å². The third-order valence-corrected chi connectivity index (χ3v) is 3.48. The van der Waals surface area contributed by atoms with Crippen LogP contribution in [0.1, 0.15) is 25.8 Å². The van der Waals surface area contributed by atoms with E-state index in [1.54, 1.807) is 6.33 Å². The van der Waals surface area contributed by atoms with E-state index in [2.05, 4.69) is 33.7 Å². The standard InChI is InChI=1S/C20H17N3.C2H6/c1-2-17(12-8-11-16-9-4-3-5-10-16)23-20-18-13-6-7-14-19(18)21-15-22-20;1-2/h2-7,9-10,13-15,17H,1,12H2,(H,21,22,23);1-2H3. The van der Waals surface area contributed by atoms with Crippen LogP contribution in [0, 0.1) is 11.8 Å². The van der Waals surface area contributed by atoms with Gasteiger partial charge in [-0.05, 0) is 24.3 Å². The van der Waals surface area contributed by atoms with Gasteiger partial charge in [0.15, 0.2) is 0 Å². The van der Waals surface area contributed by atoms with Gasteiger partial charge < -0.3 is 5.32 Å². The first kappa shape index (κ1) is 18.2. The summed E-state index contributed by atoms with van der Waals surface area (Å²) in [4.78, 5) is 8.61. The van der Waals surface area contributed by atoms with Crippen LogP contribution in [0.25, 0.3) is 10.9 Å². The molecule has 3 heteroatoms. The van der Waals surface area contributed by atoms with Gasteiger partial charge in [0, 0.05) is 17.4 Å². The van der Waals surface area contributed by atoms with Gasteiger partial charge >= 0.3 is 0 Å². The molecule has 2 aromatic carbocycles. The molecular weight excluding hydrogens is 306 g/mol. The van der Waals surface area contributed by atoms with Crippen LogP contribution in [0.3, 0.4) is 0 Å².